The minimum Gasteiger partial charge on any atom is -0.493 e. The van der Waals surface area contributed by atoms with Crippen molar-refractivity contribution in [3.8, 4) is 17.2 Å². The molecule has 1 aromatic rings. The van der Waals surface area contributed by atoms with Crippen molar-refractivity contribution in [2.24, 2.45) is 11.7 Å². The fourth-order valence-corrected chi connectivity index (χ4v) is 1.94. The zero-order valence-electron chi connectivity index (χ0n) is 12.4. The standard InChI is InChI=1S/C14H24N2O3/c1-10(8-15)9-16(2)11-6-12(17-3)14(19-5)13(7-11)18-4/h6-7,10H,8-9,15H2,1-5H3. The van der Waals surface area contributed by atoms with Crippen LogP contribution < -0.4 is 24.8 Å². The molecule has 19 heavy (non-hydrogen) atoms. The van der Waals surface area contributed by atoms with E-state index in [2.05, 4.69) is 11.8 Å². The maximum Gasteiger partial charge on any atom is 0.203 e. The Morgan fingerprint density at radius 3 is 2.00 bits per heavy atom. The van der Waals surface area contributed by atoms with Gasteiger partial charge >= 0.3 is 0 Å². The molecule has 1 atom stereocenters. The summed E-state index contributed by atoms with van der Waals surface area (Å²) in [4.78, 5) is 2.13. The molecule has 0 fully saturated rings. The Hall–Kier alpha value is -1.62. The van der Waals surface area contributed by atoms with Crippen LogP contribution in [0.5, 0.6) is 17.2 Å². The highest BCUT2D eigenvalue weighted by atomic mass is 16.5. The summed E-state index contributed by atoms with van der Waals surface area (Å²) in [5.74, 6) is 2.34. The van der Waals surface area contributed by atoms with Crippen LogP contribution in [0.25, 0.3) is 0 Å². The van der Waals surface area contributed by atoms with E-state index in [4.69, 9.17) is 19.9 Å². The van der Waals surface area contributed by atoms with Crippen LogP contribution in [0.1, 0.15) is 6.92 Å². The Balaban J connectivity index is 3.08. The Bertz CT molecular complexity index is 385. The van der Waals surface area contributed by atoms with Crippen molar-refractivity contribution < 1.29 is 14.2 Å². The first-order valence-corrected chi connectivity index (χ1v) is 6.28. The smallest absolute Gasteiger partial charge is 0.203 e. The molecule has 0 radical (unpaired) electrons. The van der Waals surface area contributed by atoms with E-state index in [1.54, 1.807) is 21.3 Å². The molecule has 2 N–H and O–H groups in total. The van der Waals surface area contributed by atoms with Gasteiger partial charge in [-0.05, 0) is 12.5 Å². The fraction of sp³-hybridized carbons (Fsp3) is 0.571. The molecule has 0 heterocycles. The molecule has 5 heteroatoms. The minimum atomic E-state index is 0.420. The Labute approximate surface area is 115 Å². The quantitative estimate of drug-likeness (QED) is 0.816. The van der Waals surface area contributed by atoms with Crippen LogP contribution in [-0.2, 0) is 0 Å². The molecular formula is C14H24N2O3. The van der Waals surface area contributed by atoms with Crippen LogP contribution >= 0.6 is 0 Å². The fourth-order valence-electron chi connectivity index (χ4n) is 1.94. The Kier molecular flexibility index (Phi) is 5.76. The number of hydrogen-bond acceptors (Lipinski definition) is 5. The summed E-state index contributed by atoms with van der Waals surface area (Å²) in [6.45, 7) is 3.65. The molecule has 5 nitrogen and oxygen atoms in total. The summed E-state index contributed by atoms with van der Waals surface area (Å²) in [5, 5.41) is 0. The van der Waals surface area contributed by atoms with Gasteiger partial charge < -0.3 is 24.8 Å². The number of ether oxygens (including phenoxy) is 3. The van der Waals surface area contributed by atoms with Crippen molar-refractivity contribution in [2.75, 3.05) is 46.4 Å². The van der Waals surface area contributed by atoms with Crippen molar-refractivity contribution in [1.82, 2.24) is 0 Å². The van der Waals surface area contributed by atoms with Crippen molar-refractivity contribution in [3.63, 3.8) is 0 Å². The predicted octanol–water partition coefficient (Wildman–Crippen LogP) is 1.74. The van der Waals surface area contributed by atoms with E-state index in [9.17, 15) is 0 Å². The third-order valence-electron chi connectivity index (χ3n) is 3.08. The highest BCUT2D eigenvalue weighted by Crippen LogP contribution is 2.40. The van der Waals surface area contributed by atoms with Crippen LogP contribution in [0.4, 0.5) is 5.69 Å². The van der Waals surface area contributed by atoms with Gasteiger partial charge in [-0.25, -0.2) is 0 Å². The van der Waals surface area contributed by atoms with E-state index in [1.807, 2.05) is 19.2 Å². The number of methoxy groups -OCH3 is 3. The number of hydrogen-bond donors (Lipinski definition) is 1. The van der Waals surface area contributed by atoms with E-state index in [0.29, 0.717) is 29.7 Å². The highest BCUT2D eigenvalue weighted by Gasteiger charge is 2.15. The molecule has 108 valence electrons. The molecule has 0 saturated heterocycles. The van der Waals surface area contributed by atoms with Gasteiger partial charge in [0.2, 0.25) is 5.75 Å². The average molecular weight is 268 g/mol. The Morgan fingerprint density at radius 1 is 1.11 bits per heavy atom. The topological polar surface area (TPSA) is 57.0 Å². The van der Waals surface area contributed by atoms with Gasteiger partial charge in [0.05, 0.1) is 21.3 Å². The van der Waals surface area contributed by atoms with Crippen molar-refractivity contribution >= 4 is 5.69 Å². The van der Waals surface area contributed by atoms with E-state index < -0.39 is 0 Å². The molecule has 0 saturated carbocycles. The normalized spacial score (nSPS) is 11.9. The third kappa shape index (κ3) is 3.67. The zero-order valence-corrected chi connectivity index (χ0v) is 12.4. The second kappa shape index (κ2) is 7.09. The monoisotopic (exact) mass is 268 g/mol. The molecule has 0 aliphatic heterocycles. The van der Waals surface area contributed by atoms with Gasteiger partial charge in [-0.3, -0.25) is 0 Å². The van der Waals surface area contributed by atoms with Gasteiger partial charge in [-0.2, -0.15) is 0 Å². The molecule has 1 aromatic carbocycles. The van der Waals surface area contributed by atoms with Crippen LogP contribution in [0, 0.1) is 5.92 Å². The van der Waals surface area contributed by atoms with Gasteiger partial charge in [0.15, 0.2) is 11.5 Å². The van der Waals surface area contributed by atoms with Gasteiger partial charge in [-0.1, -0.05) is 6.92 Å². The summed E-state index contributed by atoms with van der Waals surface area (Å²) < 4.78 is 16.0. The molecular weight excluding hydrogens is 244 g/mol. The van der Waals surface area contributed by atoms with Crippen molar-refractivity contribution in [2.45, 2.75) is 6.92 Å². The molecule has 0 aliphatic carbocycles. The summed E-state index contributed by atoms with van der Waals surface area (Å²) >= 11 is 0. The molecule has 0 amide bonds. The minimum absolute atomic E-state index is 0.420. The number of nitrogens with two attached hydrogens (primary N) is 1. The van der Waals surface area contributed by atoms with Crippen LogP contribution in [0.3, 0.4) is 0 Å². The second-order valence-electron chi connectivity index (χ2n) is 4.60. The van der Waals surface area contributed by atoms with Crippen molar-refractivity contribution in [3.05, 3.63) is 12.1 Å². The molecule has 1 rings (SSSR count). The van der Waals surface area contributed by atoms with Crippen molar-refractivity contribution in [1.29, 1.82) is 0 Å². The van der Waals surface area contributed by atoms with E-state index in [1.165, 1.54) is 0 Å². The Morgan fingerprint density at radius 2 is 1.63 bits per heavy atom. The lowest BCUT2D eigenvalue weighted by Crippen LogP contribution is -2.28. The van der Waals surface area contributed by atoms with Gasteiger partial charge in [0.25, 0.3) is 0 Å². The number of benzene rings is 1. The van der Waals surface area contributed by atoms with E-state index >= 15 is 0 Å². The lowest BCUT2D eigenvalue weighted by molar-refractivity contribution is 0.324. The maximum atomic E-state index is 5.66. The van der Waals surface area contributed by atoms with Gasteiger partial charge in [0, 0.05) is 31.4 Å². The van der Waals surface area contributed by atoms with E-state index in [-0.39, 0.29) is 0 Å². The van der Waals surface area contributed by atoms with Gasteiger partial charge in [0.1, 0.15) is 0 Å². The summed E-state index contributed by atoms with van der Waals surface area (Å²) in [7, 11) is 6.85. The third-order valence-corrected chi connectivity index (χ3v) is 3.08. The summed E-state index contributed by atoms with van der Waals surface area (Å²) in [6.07, 6.45) is 0. The lowest BCUT2D eigenvalue weighted by Gasteiger charge is -2.24. The van der Waals surface area contributed by atoms with Gasteiger partial charge in [-0.15, -0.1) is 0 Å². The number of anilines is 1. The highest BCUT2D eigenvalue weighted by molar-refractivity contribution is 5.63. The molecule has 0 spiro atoms. The SMILES string of the molecule is COc1cc(N(C)CC(C)CN)cc(OC)c1OC. The largest absolute Gasteiger partial charge is 0.493 e. The lowest BCUT2D eigenvalue weighted by atomic mass is 10.1. The van der Waals surface area contributed by atoms with Crippen LogP contribution in [0.15, 0.2) is 12.1 Å². The van der Waals surface area contributed by atoms with Crippen LogP contribution in [0.2, 0.25) is 0 Å². The first-order chi connectivity index (χ1) is 9.07. The zero-order chi connectivity index (χ0) is 14.4. The first-order valence-electron chi connectivity index (χ1n) is 6.28. The number of nitrogens with zero attached hydrogens (tertiary/aromatic N) is 1. The maximum absolute atomic E-state index is 5.66. The molecule has 1 unspecified atom stereocenters. The van der Waals surface area contributed by atoms with Crippen LogP contribution in [-0.4, -0.2) is 41.5 Å². The molecule has 0 aliphatic rings. The summed E-state index contributed by atoms with van der Waals surface area (Å²) in [6, 6.07) is 3.87. The molecule has 0 bridgehead atoms. The molecule has 0 aromatic heterocycles. The summed E-state index contributed by atoms with van der Waals surface area (Å²) in [5.41, 5.74) is 6.67. The second-order valence-corrected chi connectivity index (χ2v) is 4.60. The number of rotatable bonds is 7. The predicted molar refractivity (Wildman–Crippen MR) is 77.6 cm³/mol. The first kappa shape index (κ1) is 15.4. The average Bonchev–Trinajstić information content (AvgIpc) is 2.44. The van der Waals surface area contributed by atoms with E-state index in [0.717, 1.165) is 12.2 Å².